The molecule has 2 aromatic rings. The number of para-hydroxylation sites is 1. The van der Waals surface area contributed by atoms with Crippen LogP contribution in [-0.2, 0) is 11.2 Å². The van der Waals surface area contributed by atoms with Crippen molar-refractivity contribution in [2.75, 3.05) is 4.90 Å². The second-order valence-corrected chi connectivity index (χ2v) is 5.80. The van der Waals surface area contributed by atoms with Crippen molar-refractivity contribution in [1.29, 1.82) is 0 Å². The van der Waals surface area contributed by atoms with Crippen molar-refractivity contribution < 1.29 is 9.18 Å². The zero-order valence-electron chi connectivity index (χ0n) is 12.1. The van der Waals surface area contributed by atoms with Crippen molar-refractivity contribution in [3.63, 3.8) is 0 Å². The Morgan fingerprint density at radius 2 is 2.09 bits per heavy atom. The van der Waals surface area contributed by atoms with Gasteiger partial charge in [0.15, 0.2) is 0 Å². The molecule has 1 aliphatic heterocycles. The zero-order valence-corrected chi connectivity index (χ0v) is 12.8. The van der Waals surface area contributed by atoms with E-state index in [4.69, 9.17) is 11.6 Å². The van der Waals surface area contributed by atoms with Crippen molar-refractivity contribution in [3.05, 3.63) is 70.5 Å². The maximum atomic E-state index is 13.1. The summed E-state index contributed by atoms with van der Waals surface area (Å²) in [5.74, 6) is -0.551. The van der Waals surface area contributed by atoms with Crippen LogP contribution in [-0.4, -0.2) is 11.9 Å². The summed E-state index contributed by atoms with van der Waals surface area (Å²) in [5.41, 5.74) is 2.84. The Morgan fingerprint density at radius 3 is 2.86 bits per heavy atom. The molecule has 1 amide bonds. The van der Waals surface area contributed by atoms with Gasteiger partial charge < -0.3 is 4.90 Å². The predicted octanol–water partition coefficient (Wildman–Crippen LogP) is 4.47. The molecule has 1 aliphatic rings. The van der Waals surface area contributed by atoms with Crippen LogP contribution >= 0.6 is 11.6 Å². The minimum atomic E-state index is -0.466. The van der Waals surface area contributed by atoms with Gasteiger partial charge in [-0.2, -0.15) is 0 Å². The molecule has 4 heteroatoms. The number of nitrogens with zero attached hydrogens (tertiary/aromatic N) is 1. The first kappa shape index (κ1) is 14.8. The first-order valence-corrected chi connectivity index (χ1v) is 7.48. The van der Waals surface area contributed by atoms with Crippen LogP contribution in [0, 0.1) is 5.82 Å². The molecule has 0 bridgehead atoms. The number of carbonyl (C=O) groups excluding carboxylic acids is 1. The smallest absolute Gasteiger partial charge is 0.251 e. The van der Waals surface area contributed by atoms with Gasteiger partial charge in [0, 0.05) is 17.8 Å². The van der Waals surface area contributed by atoms with Gasteiger partial charge in [-0.15, -0.1) is 0 Å². The van der Waals surface area contributed by atoms with Gasteiger partial charge in [0.2, 0.25) is 0 Å². The summed E-state index contributed by atoms with van der Waals surface area (Å²) < 4.78 is 13.1. The van der Waals surface area contributed by atoms with E-state index < -0.39 is 5.82 Å². The summed E-state index contributed by atoms with van der Waals surface area (Å²) in [4.78, 5) is 14.3. The van der Waals surface area contributed by atoms with Crippen LogP contribution in [0.4, 0.5) is 10.1 Å². The number of fused-ring (bicyclic) bond motifs is 1. The van der Waals surface area contributed by atoms with E-state index in [-0.39, 0.29) is 17.0 Å². The minimum Gasteiger partial charge on any atom is -0.305 e. The van der Waals surface area contributed by atoms with E-state index in [0.717, 1.165) is 12.1 Å². The molecule has 22 heavy (non-hydrogen) atoms. The molecule has 0 aliphatic carbocycles. The first-order chi connectivity index (χ1) is 10.6. The SMILES string of the molecule is CC1Cc2ccccc2N1C(=O)/C=C/c1ccc(F)c(Cl)c1. The number of benzene rings is 2. The van der Waals surface area contributed by atoms with Gasteiger partial charge in [0.05, 0.1) is 5.02 Å². The monoisotopic (exact) mass is 315 g/mol. The lowest BCUT2D eigenvalue weighted by atomic mass is 10.1. The third-order valence-corrected chi connectivity index (χ3v) is 4.10. The highest BCUT2D eigenvalue weighted by molar-refractivity contribution is 6.30. The Kier molecular flexibility index (Phi) is 3.99. The van der Waals surface area contributed by atoms with Gasteiger partial charge in [0.1, 0.15) is 5.82 Å². The van der Waals surface area contributed by atoms with E-state index in [1.165, 1.54) is 23.8 Å². The summed E-state index contributed by atoms with van der Waals surface area (Å²) >= 11 is 5.74. The Balaban J connectivity index is 1.82. The first-order valence-electron chi connectivity index (χ1n) is 7.10. The lowest BCUT2D eigenvalue weighted by molar-refractivity contribution is -0.114. The molecule has 2 aromatic carbocycles. The Labute approximate surface area is 133 Å². The Morgan fingerprint density at radius 1 is 1.32 bits per heavy atom. The number of anilines is 1. The molecular formula is C18H15ClFNO. The van der Waals surface area contributed by atoms with Gasteiger partial charge in [0.25, 0.3) is 5.91 Å². The largest absolute Gasteiger partial charge is 0.305 e. The molecule has 0 spiro atoms. The van der Waals surface area contributed by atoms with Crippen molar-refractivity contribution in [2.24, 2.45) is 0 Å². The molecule has 0 aromatic heterocycles. The standard InChI is InChI=1S/C18H15ClFNO/c1-12-10-14-4-2-3-5-17(14)21(12)18(22)9-7-13-6-8-16(20)15(19)11-13/h2-9,11-12H,10H2,1H3/b9-7+. The second kappa shape index (κ2) is 5.93. The van der Waals surface area contributed by atoms with Gasteiger partial charge in [-0.05, 0) is 48.7 Å². The summed E-state index contributed by atoms with van der Waals surface area (Å²) in [6.45, 7) is 2.03. The average molecular weight is 316 g/mol. The Bertz CT molecular complexity index is 757. The molecule has 0 saturated heterocycles. The van der Waals surface area contributed by atoms with E-state index in [9.17, 15) is 9.18 Å². The lowest BCUT2D eigenvalue weighted by Gasteiger charge is -2.20. The fraction of sp³-hybridized carbons (Fsp3) is 0.167. The summed E-state index contributed by atoms with van der Waals surface area (Å²) in [6, 6.07) is 12.4. The van der Waals surface area contributed by atoms with Crippen LogP contribution in [0.5, 0.6) is 0 Å². The topological polar surface area (TPSA) is 20.3 Å². The van der Waals surface area contributed by atoms with Gasteiger partial charge >= 0.3 is 0 Å². The Hall–Kier alpha value is -2.13. The van der Waals surface area contributed by atoms with E-state index in [0.29, 0.717) is 5.56 Å². The van der Waals surface area contributed by atoms with E-state index in [1.54, 1.807) is 17.0 Å². The fourth-order valence-electron chi connectivity index (χ4n) is 2.77. The second-order valence-electron chi connectivity index (χ2n) is 5.40. The van der Waals surface area contributed by atoms with Crippen LogP contribution in [0.3, 0.4) is 0 Å². The quantitative estimate of drug-likeness (QED) is 0.749. The third-order valence-electron chi connectivity index (χ3n) is 3.81. The predicted molar refractivity (Wildman–Crippen MR) is 87.5 cm³/mol. The minimum absolute atomic E-state index is 0.0504. The molecular weight excluding hydrogens is 301 g/mol. The third kappa shape index (κ3) is 2.77. The number of halogens is 2. The molecule has 1 unspecified atom stereocenters. The molecule has 0 fully saturated rings. The molecule has 0 saturated carbocycles. The van der Waals surface area contributed by atoms with E-state index >= 15 is 0 Å². The highest BCUT2D eigenvalue weighted by Gasteiger charge is 2.29. The number of hydrogen-bond acceptors (Lipinski definition) is 1. The van der Waals surface area contributed by atoms with Crippen LogP contribution < -0.4 is 4.90 Å². The molecule has 2 nitrogen and oxygen atoms in total. The zero-order chi connectivity index (χ0) is 15.7. The number of carbonyl (C=O) groups is 1. The van der Waals surface area contributed by atoms with Crippen molar-refractivity contribution in [2.45, 2.75) is 19.4 Å². The van der Waals surface area contributed by atoms with Crippen LogP contribution in [0.2, 0.25) is 5.02 Å². The van der Waals surface area contributed by atoms with Gasteiger partial charge in [-0.25, -0.2) is 4.39 Å². The molecule has 1 atom stereocenters. The lowest BCUT2D eigenvalue weighted by Crippen LogP contribution is -2.34. The van der Waals surface area contributed by atoms with Crippen LogP contribution in [0.25, 0.3) is 6.08 Å². The van der Waals surface area contributed by atoms with Crippen molar-refractivity contribution in [1.82, 2.24) is 0 Å². The van der Waals surface area contributed by atoms with Gasteiger partial charge in [-0.3, -0.25) is 4.79 Å². The van der Waals surface area contributed by atoms with Crippen LogP contribution in [0.1, 0.15) is 18.1 Å². The molecule has 1 heterocycles. The number of hydrogen-bond donors (Lipinski definition) is 0. The maximum absolute atomic E-state index is 13.1. The average Bonchev–Trinajstić information content (AvgIpc) is 2.84. The number of amides is 1. The highest BCUT2D eigenvalue weighted by Crippen LogP contribution is 2.32. The number of rotatable bonds is 2. The van der Waals surface area contributed by atoms with Crippen molar-refractivity contribution >= 4 is 29.3 Å². The van der Waals surface area contributed by atoms with Gasteiger partial charge in [-0.1, -0.05) is 35.9 Å². The van der Waals surface area contributed by atoms with Crippen LogP contribution in [0.15, 0.2) is 48.5 Å². The normalized spacial score (nSPS) is 17.0. The summed E-state index contributed by atoms with van der Waals surface area (Å²) in [7, 11) is 0. The van der Waals surface area contributed by atoms with Crippen molar-refractivity contribution in [3.8, 4) is 0 Å². The molecule has 112 valence electrons. The highest BCUT2D eigenvalue weighted by atomic mass is 35.5. The maximum Gasteiger partial charge on any atom is 0.251 e. The molecule has 0 radical (unpaired) electrons. The summed E-state index contributed by atoms with van der Waals surface area (Å²) in [6.07, 6.45) is 4.02. The fourth-order valence-corrected chi connectivity index (χ4v) is 2.95. The van der Waals surface area contributed by atoms with E-state index in [1.807, 2.05) is 31.2 Å². The van der Waals surface area contributed by atoms with E-state index in [2.05, 4.69) is 0 Å². The molecule has 3 rings (SSSR count). The summed E-state index contributed by atoms with van der Waals surface area (Å²) in [5, 5.41) is 0.0504. The molecule has 0 N–H and O–H groups in total.